The fourth-order valence-corrected chi connectivity index (χ4v) is 12.3. The van der Waals surface area contributed by atoms with E-state index >= 15 is 0 Å². The van der Waals surface area contributed by atoms with Crippen molar-refractivity contribution in [3.05, 3.63) is 194 Å². The Morgan fingerprint density at radius 2 is 0.804 bits per heavy atom. The van der Waals surface area contributed by atoms with Gasteiger partial charge in [-0.25, -0.2) is 0 Å². The number of aryl methyl sites for hydroxylation is 1. The first kappa shape index (κ1) is 33.3. The van der Waals surface area contributed by atoms with Crippen LogP contribution in [0.5, 0.6) is 0 Å². The van der Waals surface area contributed by atoms with Crippen LogP contribution >= 0.6 is 15.8 Å². The first-order chi connectivity index (χ1) is 25.3. The second-order valence-corrected chi connectivity index (χ2v) is 17.3. The summed E-state index contributed by atoms with van der Waals surface area (Å²) >= 11 is 0. The minimum atomic E-state index is -0.885. The predicted octanol–water partition coefficient (Wildman–Crippen LogP) is 9.46. The SMILES string of the molecule is NCCCCc1ccc2c(-c3c(P(c4ccccc4)c4ccccc4)ccc4ccccc34)c(P(c3ccccc3)c3ccccc3)ccc2c1. The van der Waals surface area contributed by atoms with Gasteiger partial charge in [-0.15, -0.1) is 0 Å². The van der Waals surface area contributed by atoms with Gasteiger partial charge in [0.25, 0.3) is 0 Å². The van der Waals surface area contributed by atoms with Gasteiger partial charge >= 0.3 is 0 Å². The van der Waals surface area contributed by atoms with Gasteiger partial charge < -0.3 is 5.73 Å². The number of unbranched alkanes of at least 4 members (excludes halogenated alkanes) is 1. The molecule has 0 atom stereocenters. The lowest BCUT2D eigenvalue weighted by molar-refractivity contribution is 0.745. The molecule has 0 fully saturated rings. The van der Waals surface area contributed by atoms with Crippen molar-refractivity contribution in [2.24, 2.45) is 5.73 Å². The van der Waals surface area contributed by atoms with E-state index in [4.69, 9.17) is 5.73 Å². The molecule has 51 heavy (non-hydrogen) atoms. The molecular formula is C48H41NP2. The van der Waals surface area contributed by atoms with Crippen molar-refractivity contribution < 1.29 is 0 Å². The lowest BCUT2D eigenvalue weighted by Gasteiger charge is -2.28. The lowest BCUT2D eigenvalue weighted by Crippen LogP contribution is -2.26. The predicted molar refractivity (Wildman–Crippen MR) is 226 cm³/mol. The number of nitrogens with two attached hydrogens (primary N) is 1. The van der Waals surface area contributed by atoms with Crippen LogP contribution in [0.15, 0.2) is 188 Å². The Hall–Kier alpha value is -4.90. The highest BCUT2D eigenvalue weighted by atomic mass is 31.1. The van der Waals surface area contributed by atoms with Gasteiger partial charge in [-0.2, -0.15) is 0 Å². The normalized spacial score (nSPS) is 11.5. The Morgan fingerprint density at radius 3 is 1.29 bits per heavy atom. The summed E-state index contributed by atoms with van der Waals surface area (Å²) in [5.74, 6) is 0. The molecule has 3 heteroatoms. The standard InChI is InChI=1S/C48H41NP2/c49-34-16-15-17-36-28-31-44-38(35-36)30-33-46(51(41-23-9-3-10-24-41)42-25-11-4-12-26-42)48(44)47-43-27-14-13-18-37(43)29-32-45(47)50(39-19-5-1-6-20-39)40-21-7-2-8-22-40/h1-14,18-33,35H,15-17,34,49H2. The fourth-order valence-electron chi connectivity index (χ4n) is 7.32. The van der Waals surface area contributed by atoms with Gasteiger partial charge in [0.15, 0.2) is 0 Å². The van der Waals surface area contributed by atoms with Crippen LogP contribution in [0.3, 0.4) is 0 Å². The van der Waals surface area contributed by atoms with Crippen LogP contribution < -0.4 is 37.6 Å². The molecule has 0 aliphatic rings. The van der Waals surface area contributed by atoms with Gasteiger partial charge in [0.2, 0.25) is 0 Å². The number of fused-ring (bicyclic) bond motifs is 2. The third-order valence-corrected chi connectivity index (χ3v) is 14.6. The van der Waals surface area contributed by atoms with Crippen LogP contribution in [0.4, 0.5) is 0 Å². The Labute approximate surface area is 304 Å². The molecular weight excluding hydrogens is 652 g/mol. The van der Waals surface area contributed by atoms with E-state index in [1.165, 1.54) is 70.1 Å². The minimum absolute atomic E-state index is 0.735. The maximum atomic E-state index is 5.88. The van der Waals surface area contributed by atoms with E-state index in [0.29, 0.717) is 0 Å². The summed E-state index contributed by atoms with van der Waals surface area (Å²) in [4.78, 5) is 0. The van der Waals surface area contributed by atoms with Crippen molar-refractivity contribution in [3.8, 4) is 11.1 Å². The van der Waals surface area contributed by atoms with Crippen molar-refractivity contribution in [2.45, 2.75) is 19.3 Å². The van der Waals surface area contributed by atoms with Gasteiger partial charge in [0.05, 0.1) is 0 Å². The maximum absolute atomic E-state index is 5.88. The maximum Gasteiger partial charge on any atom is -0.000883 e. The Kier molecular flexibility index (Phi) is 10.1. The zero-order valence-corrected chi connectivity index (χ0v) is 30.5. The quantitative estimate of drug-likeness (QED) is 0.106. The van der Waals surface area contributed by atoms with E-state index in [-0.39, 0.29) is 0 Å². The molecule has 8 aromatic carbocycles. The molecule has 0 aromatic heterocycles. The molecule has 0 heterocycles. The first-order valence-electron chi connectivity index (χ1n) is 17.9. The van der Waals surface area contributed by atoms with Crippen LogP contribution in [0, 0.1) is 0 Å². The van der Waals surface area contributed by atoms with Gasteiger partial charge in [-0.05, 0) is 112 Å². The highest BCUT2D eigenvalue weighted by Gasteiger charge is 2.28. The summed E-state index contributed by atoms with van der Waals surface area (Å²) < 4.78 is 0. The van der Waals surface area contributed by atoms with Crippen LogP contribution in [0.2, 0.25) is 0 Å². The third-order valence-electron chi connectivity index (χ3n) is 9.68. The Morgan fingerprint density at radius 1 is 0.373 bits per heavy atom. The smallest absolute Gasteiger partial charge is 0.000883 e. The van der Waals surface area contributed by atoms with E-state index < -0.39 is 15.8 Å². The highest BCUT2D eigenvalue weighted by molar-refractivity contribution is 7.80. The molecule has 2 N–H and O–H groups in total. The van der Waals surface area contributed by atoms with Crippen LogP contribution in [-0.4, -0.2) is 6.54 Å². The van der Waals surface area contributed by atoms with Crippen LogP contribution in [0.1, 0.15) is 18.4 Å². The molecule has 0 saturated heterocycles. The summed E-state index contributed by atoms with van der Waals surface area (Å²) in [5.41, 5.74) is 9.95. The molecule has 0 amide bonds. The van der Waals surface area contributed by atoms with Crippen LogP contribution in [0.25, 0.3) is 32.7 Å². The monoisotopic (exact) mass is 693 g/mol. The first-order valence-corrected chi connectivity index (χ1v) is 20.6. The van der Waals surface area contributed by atoms with Crippen molar-refractivity contribution in [2.75, 3.05) is 6.54 Å². The number of benzene rings is 8. The molecule has 248 valence electrons. The van der Waals surface area contributed by atoms with E-state index in [9.17, 15) is 0 Å². The number of hydrogen-bond donors (Lipinski definition) is 1. The molecule has 0 bridgehead atoms. The fraction of sp³-hybridized carbons (Fsp3) is 0.0833. The largest absolute Gasteiger partial charge is 0.330 e. The average molecular weight is 694 g/mol. The zero-order valence-electron chi connectivity index (χ0n) is 28.7. The number of hydrogen-bond acceptors (Lipinski definition) is 1. The van der Waals surface area contributed by atoms with Crippen molar-refractivity contribution in [1.82, 2.24) is 0 Å². The molecule has 8 aromatic rings. The van der Waals surface area contributed by atoms with Gasteiger partial charge in [-0.1, -0.05) is 188 Å². The molecule has 1 nitrogen and oxygen atoms in total. The Balaban J connectivity index is 1.49. The van der Waals surface area contributed by atoms with Gasteiger partial charge in [-0.3, -0.25) is 0 Å². The molecule has 8 rings (SSSR count). The number of rotatable bonds is 11. The molecule has 0 spiro atoms. The molecule has 0 unspecified atom stereocenters. The van der Waals surface area contributed by atoms with Gasteiger partial charge in [0.1, 0.15) is 0 Å². The summed E-state index contributed by atoms with van der Waals surface area (Å²) in [7, 11) is -1.77. The summed E-state index contributed by atoms with van der Waals surface area (Å²) in [6.45, 7) is 0.735. The lowest BCUT2D eigenvalue weighted by atomic mass is 9.92. The molecule has 0 aliphatic carbocycles. The molecule has 0 radical (unpaired) electrons. The van der Waals surface area contributed by atoms with Gasteiger partial charge in [0, 0.05) is 0 Å². The Bertz CT molecular complexity index is 2300. The van der Waals surface area contributed by atoms with E-state index in [1.54, 1.807) is 0 Å². The van der Waals surface area contributed by atoms with Crippen LogP contribution in [-0.2, 0) is 6.42 Å². The summed E-state index contributed by atoms with van der Waals surface area (Å²) in [6.07, 6.45) is 3.19. The minimum Gasteiger partial charge on any atom is -0.330 e. The highest BCUT2D eigenvalue weighted by Crippen LogP contribution is 2.45. The average Bonchev–Trinajstić information content (AvgIpc) is 3.20. The molecule has 0 saturated carbocycles. The van der Waals surface area contributed by atoms with E-state index in [0.717, 1.165) is 25.8 Å². The van der Waals surface area contributed by atoms with E-state index in [2.05, 4.69) is 188 Å². The van der Waals surface area contributed by atoms with Crippen molar-refractivity contribution >= 4 is 69.2 Å². The molecule has 0 aliphatic heterocycles. The van der Waals surface area contributed by atoms with E-state index in [1.807, 2.05) is 0 Å². The van der Waals surface area contributed by atoms with Crippen molar-refractivity contribution in [3.63, 3.8) is 0 Å². The zero-order chi connectivity index (χ0) is 34.4. The third kappa shape index (κ3) is 6.91. The van der Waals surface area contributed by atoms with Crippen molar-refractivity contribution in [1.29, 1.82) is 0 Å². The second kappa shape index (κ2) is 15.6. The summed E-state index contributed by atoms with van der Waals surface area (Å²) in [5, 5.41) is 13.3. The topological polar surface area (TPSA) is 26.0 Å². The summed E-state index contributed by atoms with van der Waals surface area (Å²) in [6, 6.07) is 70.4. The second-order valence-electron chi connectivity index (χ2n) is 13.0.